The highest BCUT2D eigenvalue weighted by molar-refractivity contribution is 9.59. The molecule has 0 bridgehead atoms. The SMILES string of the molecule is Cc1ccc2c(c1)C=C(C(C)(C)C)S2(Br)C(F)(F)F. The van der Waals surface area contributed by atoms with Crippen LogP contribution >= 0.6 is 23.3 Å². The van der Waals surface area contributed by atoms with Crippen LogP contribution in [0.1, 0.15) is 31.9 Å². The maximum Gasteiger partial charge on any atom is 0.442 e. The fourth-order valence-electron chi connectivity index (χ4n) is 2.27. The van der Waals surface area contributed by atoms with Gasteiger partial charge in [-0.05, 0) is 58.2 Å². The summed E-state index contributed by atoms with van der Waals surface area (Å²) in [6.45, 7) is 7.37. The normalized spacial score (nSPS) is 26.6. The van der Waals surface area contributed by atoms with Crippen molar-refractivity contribution in [1.82, 2.24) is 0 Å². The number of aryl methyl sites for hydroxylation is 1. The van der Waals surface area contributed by atoms with Crippen LogP contribution in [0.2, 0.25) is 0 Å². The van der Waals surface area contributed by atoms with E-state index in [1.807, 2.05) is 33.8 Å². The highest BCUT2D eigenvalue weighted by Gasteiger charge is 2.57. The van der Waals surface area contributed by atoms with Gasteiger partial charge in [0.1, 0.15) is 0 Å². The maximum absolute atomic E-state index is 13.7. The van der Waals surface area contributed by atoms with E-state index in [2.05, 4.69) is 14.8 Å². The molecule has 1 aromatic rings. The molecule has 0 fully saturated rings. The zero-order valence-electron chi connectivity index (χ0n) is 11.2. The second-order valence-corrected chi connectivity index (χ2v) is 11.1. The van der Waals surface area contributed by atoms with Gasteiger partial charge in [-0.3, -0.25) is 0 Å². The Labute approximate surface area is 120 Å². The Morgan fingerprint density at radius 1 is 1.11 bits per heavy atom. The average molecular weight is 353 g/mol. The summed E-state index contributed by atoms with van der Waals surface area (Å²) in [5.74, 6) is 0. The third-order valence-corrected chi connectivity index (χ3v) is 9.26. The fraction of sp³-hybridized carbons (Fsp3) is 0.429. The quantitative estimate of drug-likeness (QED) is 0.507. The average Bonchev–Trinajstić information content (AvgIpc) is 2.51. The lowest BCUT2D eigenvalue weighted by Crippen LogP contribution is -2.22. The Hall–Kier alpha value is -0.420. The van der Waals surface area contributed by atoms with E-state index in [-0.39, 0.29) is 0 Å². The molecular weight excluding hydrogens is 337 g/mol. The van der Waals surface area contributed by atoms with E-state index in [9.17, 15) is 13.2 Å². The molecule has 1 aliphatic rings. The van der Waals surface area contributed by atoms with Crippen LogP contribution in [-0.2, 0) is 0 Å². The predicted octanol–water partition coefficient (Wildman–Crippen LogP) is 6.39. The Bertz CT molecular complexity index is 555. The zero-order chi connectivity index (χ0) is 14.6. The Morgan fingerprint density at radius 2 is 1.68 bits per heavy atom. The van der Waals surface area contributed by atoms with Gasteiger partial charge in [0.15, 0.2) is 0 Å². The van der Waals surface area contributed by atoms with E-state index < -0.39 is 19.4 Å². The monoisotopic (exact) mass is 352 g/mol. The second kappa shape index (κ2) is 4.29. The molecule has 5 heteroatoms. The van der Waals surface area contributed by atoms with Gasteiger partial charge in [0, 0.05) is 4.90 Å². The smallest absolute Gasteiger partial charge is 0.160 e. The highest BCUT2D eigenvalue weighted by atomic mass is 79.9. The van der Waals surface area contributed by atoms with Crippen molar-refractivity contribution in [3.05, 3.63) is 34.2 Å². The van der Waals surface area contributed by atoms with Crippen molar-refractivity contribution in [1.29, 1.82) is 0 Å². The van der Waals surface area contributed by atoms with Gasteiger partial charge in [-0.2, -0.15) is 13.2 Å². The van der Waals surface area contributed by atoms with Crippen molar-refractivity contribution >= 4 is 29.4 Å². The number of fused-ring (bicyclic) bond motifs is 1. The summed E-state index contributed by atoms with van der Waals surface area (Å²) in [6, 6.07) is 5.17. The number of alkyl halides is 3. The van der Waals surface area contributed by atoms with Gasteiger partial charge >= 0.3 is 5.51 Å². The van der Waals surface area contributed by atoms with Crippen LogP contribution in [0.3, 0.4) is 0 Å². The number of benzene rings is 1. The minimum Gasteiger partial charge on any atom is -0.160 e. The second-order valence-electron chi connectivity index (χ2n) is 5.78. The number of halogens is 4. The van der Waals surface area contributed by atoms with Crippen molar-refractivity contribution in [2.24, 2.45) is 5.41 Å². The van der Waals surface area contributed by atoms with Gasteiger partial charge in [0.2, 0.25) is 0 Å². The number of hydrogen-bond acceptors (Lipinski definition) is 0. The van der Waals surface area contributed by atoms with Crippen molar-refractivity contribution in [3.8, 4) is 0 Å². The van der Waals surface area contributed by atoms with Gasteiger partial charge in [-0.15, -0.1) is 0 Å². The molecule has 19 heavy (non-hydrogen) atoms. The van der Waals surface area contributed by atoms with Crippen molar-refractivity contribution in [3.63, 3.8) is 0 Å². The molecule has 1 atom stereocenters. The summed E-state index contributed by atoms with van der Waals surface area (Å²) < 4.78 is 41.0. The van der Waals surface area contributed by atoms with Gasteiger partial charge in [0.05, 0.1) is 0 Å². The number of rotatable bonds is 0. The zero-order valence-corrected chi connectivity index (χ0v) is 13.6. The Morgan fingerprint density at radius 3 is 2.16 bits per heavy atom. The summed E-state index contributed by atoms with van der Waals surface area (Å²) in [5, 5.41) is 0. The summed E-state index contributed by atoms with van der Waals surface area (Å²) in [5.41, 5.74) is -3.15. The van der Waals surface area contributed by atoms with Crippen LogP contribution in [0, 0.1) is 12.3 Å². The standard InChI is InChI=1S/C14H16BrF3S/c1-9-5-6-11-10(7-9)8-12(13(2,3)4)19(11,15)14(16,17)18/h5-8H,1-4H3. The molecule has 0 spiro atoms. The molecule has 0 aliphatic carbocycles. The van der Waals surface area contributed by atoms with Gasteiger partial charge < -0.3 is 0 Å². The molecule has 0 nitrogen and oxygen atoms in total. The third kappa shape index (κ3) is 2.25. The molecule has 0 amide bonds. The molecule has 1 unspecified atom stereocenters. The third-order valence-electron chi connectivity index (χ3n) is 3.12. The van der Waals surface area contributed by atoms with E-state index in [1.54, 1.807) is 18.2 Å². The summed E-state index contributed by atoms with van der Waals surface area (Å²) >= 11 is 3.08. The van der Waals surface area contributed by atoms with Crippen LogP contribution in [0.5, 0.6) is 0 Å². The summed E-state index contributed by atoms with van der Waals surface area (Å²) in [6.07, 6.45) is 1.71. The molecule has 0 saturated heterocycles. The van der Waals surface area contributed by atoms with E-state index >= 15 is 0 Å². The first-order valence-corrected chi connectivity index (χ1v) is 9.37. The van der Waals surface area contributed by atoms with Gasteiger partial charge in [0.25, 0.3) is 0 Å². The van der Waals surface area contributed by atoms with E-state index in [1.165, 1.54) is 0 Å². The first-order valence-electron chi connectivity index (χ1n) is 5.90. The molecule has 1 aromatic carbocycles. The molecule has 0 N–H and O–H groups in total. The molecule has 1 aliphatic heterocycles. The molecule has 0 aromatic heterocycles. The van der Waals surface area contributed by atoms with Gasteiger partial charge in [-0.1, -0.05) is 38.5 Å². The van der Waals surface area contributed by atoms with Crippen LogP contribution in [0.25, 0.3) is 6.08 Å². The van der Waals surface area contributed by atoms with Crippen LogP contribution < -0.4 is 0 Å². The molecular formula is C14H16BrF3S. The molecule has 0 radical (unpaired) electrons. The Kier molecular flexibility index (Phi) is 3.38. The molecule has 2 rings (SSSR count). The molecule has 106 valence electrons. The minimum absolute atomic E-state index is 0.371. The number of hydrogen-bond donors (Lipinski definition) is 0. The lowest BCUT2D eigenvalue weighted by Gasteiger charge is -2.40. The van der Waals surface area contributed by atoms with Crippen LogP contribution in [-0.4, -0.2) is 5.51 Å². The summed E-state index contributed by atoms with van der Waals surface area (Å²) in [4.78, 5) is 0.809. The molecule has 0 saturated carbocycles. The lowest BCUT2D eigenvalue weighted by atomic mass is 9.95. The van der Waals surface area contributed by atoms with Crippen LogP contribution in [0.4, 0.5) is 13.2 Å². The van der Waals surface area contributed by atoms with E-state index in [0.29, 0.717) is 15.4 Å². The van der Waals surface area contributed by atoms with Crippen molar-refractivity contribution < 1.29 is 13.2 Å². The first-order chi connectivity index (χ1) is 8.48. The van der Waals surface area contributed by atoms with E-state index in [0.717, 1.165) is 5.56 Å². The minimum atomic E-state index is -4.29. The molecule has 1 heterocycles. The Balaban J connectivity index is 2.74. The highest BCUT2D eigenvalue weighted by Crippen LogP contribution is 2.83. The van der Waals surface area contributed by atoms with E-state index in [4.69, 9.17) is 0 Å². The summed E-state index contributed by atoms with van der Waals surface area (Å²) in [7, 11) is -3.12. The lowest BCUT2D eigenvalue weighted by molar-refractivity contribution is -0.0358. The largest absolute Gasteiger partial charge is 0.442 e. The first kappa shape index (κ1) is 15.0. The van der Waals surface area contributed by atoms with Crippen LogP contribution in [0.15, 0.2) is 28.0 Å². The fourth-order valence-corrected chi connectivity index (χ4v) is 7.45. The van der Waals surface area contributed by atoms with Crippen molar-refractivity contribution in [2.45, 2.75) is 38.1 Å². The van der Waals surface area contributed by atoms with Crippen molar-refractivity contribution in [2.75, 3.05) is 0 Å². The number of allylic oxidation sites excluding steroid dienone is 1. The topological polar surface area (TPSA) is 0 Å². The van der Waals surface area contributed by atoms with Gasteiger partial charge in [-0.25, -0.2) is 0 Å². The predicted molar refractivity (Wildman–Crippen MR) is 79.5 cm³/mol. The maximum atomic E-state index is 13.7.